The Hall–Kier alpha value is -1.65. The van der Waals surface area contributed by atoms with Gasteiger partial charge in [-0.3, -0.25) is 0 Å². The molecule has 1 aliphatic heterocycles. The summed E-state index contributed by atoms with van der Waals surface area (Å²) in [4.78, 5) is 9.02. The fourth-order valence-corrected chi connectivity index (χ4v) is 3.05. The molecule has 0 fully saturated rings. The summed E-state index contributed by atoms with van der Waals surface area (Å²) in [6, 6.07) is 0. The van der Waals surface area contributed by atoms with Crippen LogP contribution >= 0.6 is 24.0 Å². The lowest BCUT2D eigenvalue weighted by molar-refractivity contribution is 0.379. The van der Waals surface area contributed by atoms with Crippen LogP contribution in [-0.2, 0) is 31.5 Å². The molecule has 8 nitrogen and oxygen atoms in total. The number of guanidine groups is 1. The minimum absolute atomic E-state index is 0. The van der Waals surface area contributed by atoms with Crippen LogP contribution in [0.4, 0.5) is 0 Å². The van der Waals surface area contributed by atoms with Crippen molar-refractivity contribution >= 4 is 29.9 Å². The summed E-state index contributed by atoms with van der Waals surface area (Å²) in [5.41, 5.74) is -0.0463. The summed E-state index contributed by atoms with van der Waals surface area (Å²) in [5.74, 6) is 4.27. The number of halogens is 1. The van der Waals surface area contributed by atoms with E-state index in [-0.39, 0.29) is 29.4 Å². The number of oxazole rings is 1. The SMILES string of the molecule is CCNC(=NCc1nnc2n1CCCCC2)NCc1ncc(C(C)(C)C)o1.I. The van der Waals surface area contributed by atoms with Crippen LogP contribution in [0.15, 0.2) is 15.6 Å². The highest BCUT2D eigenvalue weighted by atomic mass is 127. The zero-order chi connectivity index (χ0) is 19.3. The Morgan fingerprint density at radius 1 is 1.21 bits per heavy atom. The average molecular weight is 501 g/mol. The van der Waals surface area contributed by atoms with Crippen molar-refractivity contribution in [3.05, 3.63) is 29.5 Å². The van der Waals surface area contributed by atoms with Crippen LogP contribution in [0.1, 0.15) is 70.3 Å². The summed E-state index contributed by atoms with van der Waals surface area (Å²) in [5, 5.41) is 15.2. The fourth-order valence-electron chi connectivity index (χ4n) is 3.05. The van der Waals surface area contributed by atoms with Crippen molar-refractivity contribution < 1.29 is 4.42 Å². The van der Waals surface area contributed by atoms with Crippen molar-refractivity contribution in [1.82, 2.24) is 30.4 Å². The number of nitrogens with one attached hydrogen (secondary N) is 2. The van der Waals surface area contributed by atoms with Crippen molar-refractivity contribution in [1.29, 1.82) is 0 Å². The number of hydrogen-bond acceptors (Lipinski definition) is 5. The Morgan fingerprint density at radius 2 is 2.04 bits per heavy atom. The van der Waals surface area contributed by atoms with E-state index in [1.165, 1.54) is 19.3 Å². The van der Waals surface area contributed by atoms with Crippen molar-refractivity contribution in [2.24, 2.45) is 4.99 Å². The van der Waals surface area contributed by atoms with E-state index in [9.17, 15) is 0 Å². The molecule has 2 aromatic heterocycles. The van der Waals surface area contributed by atoms with E-state index in [0.717, 1.165) is 42.9 Å². The van der Waals surface area contributed by atoms with Gasteiger partial charge in [-0.1, -0.05) is 27.2 Å². The Kier molecular flexibility index (Phi) is 8.26. The minimum Gasteiger partial charge on any atom is -0.443 e. The molecule has 2 N–H and O–H groups in total. The first kappa shape index (κ1) is 22.6. The summed E-state index contributed by atoms with van der Waals surface area (Å²) in [6.45, 7) is 11.1. The van der Waals surface area contributed by atoms with Crippen molar-refractivity contribution in [2.45, 2.75) is 78.4 Å². The molecule has 3 rings (SSSR count). The van der Waals surface area contributed by atoms with Gasteiger partial charge in [-0.15, -0.1) is 34.2 Å². The van der Waals surface area contributed by atoms with Gasteiger partial charge in [-0.05, 0) is 19.8 Å². The second-order valence-electron chi connectivity index (χ2n) is 7.91. The fraction of sp³-hybridized carbons (Fsp3) is 0.684. The van der Waals surface area contributed by atoms with Gasteiger partial charge < -0.3 is 19.6 Å². The van der Waals surface area contributed by atoms with E-state index in [0.29, 0.717) is 19.0 Å². The largest absolute Gasteiger partial charge is 0.443 e. The maximum Gasteiger partial charge on any atom is 0.213 e. The van der Waals surface area contributed by atoms with Crippen LogP contribution in [-0.4, -0.2) is 32.3 Å². The van der Waals surface area contributed by atoms with Gasteiger partial charge in [0.05, 0.1) is 12.7 Å². The molecule has 0 spiro atoms. The highest BCUT2D eigenvalue weighted by molar-refractivity contribution is 14.0. The third kappa shape index (κ3) is 5.92. The van der Waals surface area contributed by atoms with E-state index in [2.05, 4.69) is 56.1 Å². The molecule has 0 atom stereocenters. The molecule has 2 aromatic rings. The zero-order valence-corrected chi connectivity index (χ0v) is 19.6. The van der Waals surface area contributed by atoms with Gasteiger partial charge in [0.1, 0.15) is 18.1 Å². The summed E-state index contributed by atoms with van der Waals surface area (Å²) in [7, 11) is 0. The number of aliphatic imine (C=N–C) groups is 1. The topological polar surface area (TPSA) is 93.2 Å². The molecule has 156 valence electrons. The van der Waals surface area contributed by atoms with Crippen LogP contribution in [0.25, 0.3) is 0 Å². The molecule has 0 radical (unpaired) electrons. The van der Waals surface area contributed by atoms with Crippen LogP contribution in [0.5, 0.6) is 0 Å². The number of fused-ring (bicyclic) bond motifs is 1. The first-order valence-electron chi connectivity index (χ1n) is 9.85. The molecule has 3 heterocycles. The molecule has 0 saturated carbocycles. The molecule has 0 unspecified atom stereocenters. The molecular weight excluding hydrogens is 469 g/mol. The molecule has 0 bridgehead atoms. The number of hydrogen-bond donors (Lipinski definition) is 2. The van der Waals surface area contributed by atoms with Gasteiger partial charge in [0.2, 0.25) is 5.89 Å². The van der Waals surface area contributed by atoms with Gasteiger partial charge >= 0.3 is 0 Å². The van der Waals surface area contributed by atoms with Crippen LogP contribution in [0.2, 0.25) is 0 Å². The van der Waals surface area contributed by atoms with Crippen molar-refractivity contribution in [3.8, 4) is 0 Å². The minimum atomic E-state index is -0.0463. The maximum absolute atomic E-state index is 5.83. The lowest BCUT2D eigenvalue weighted by Gasteiger charge is -2.13. The molecule has 0 saturated heterocycles. The van der Waals surface area contributed by atoms with E-state index < -0.39 is 0 Å². The Balaban J connectivity index is 0.00000280. The van der Waals surface area contributed by atoms with E-state index in [4.69, 9.17) is 4.42 Å². The summed E-state index contributed by atoms with van der Waals surface area (Å²) in [6.07, 6.45) is 6.43. The van der Waals surface area contributed by atoms with Crippen LogP contribution in [0, 0.1) is 0 Å². The molecule has 0 aliphatic carbocycles. The number of aryl methyl sites for hydroxylation is 1. The third-order valence-corrected chi connectivity index (χ3v) is 4.61. The highest BCUT2D eigenvalue weighted by Gasteiger charge is 2.19. The van der Waals surface area contributed by atoms with E-state index in [1.807, 2.05) is 6.92 Å². The first-order chi connectivity index (χ1) is 13.0. The molecule has 1 aliphatic rings. The third-order valence-electron chi connectivity index (χ3n) is 4.61. The van der Waals surface area contributed by atoms with Gasteiger partial charge in [0, 0.05) is 24.9 Å². The quantitative estimate of drug-likeness (QED) is 0.372. The van der Waals surface area contributed by atoms with Gasteiger partial charge in [-0.25, -0.2) is 9.98 Å². The Morgan fingerprint density at radius 3 is 2.75 bits per heavy atom. The smallest absolute Gasteiger partial charge is 0.213 e. The highest BCUT2D eigenvalue weighted by Crippen LogP contribution is 2.22. The van der Waals surface area contributed by atoms with Crippen molar-refractivity contribution in [3.63, 3.8) is 0 Å². The standard InChI is InChI=1S/C19H31N7O.HI/c1-5-20-18(23-13-17-21-11-14(27-17)19(2,3)4)22-12-16-25-24-15-9-7-6-8-10-26(15)16;/h11H,5-10,12-13H2,1-4H3,(H2,20,22,23);1H. The summed E-state index contributed by atoms with van der Waals surface area (Å²) >= 11 is 0. The second kappa shape index (κ2) is 10.2. The lowest BCUT2D eigenvalue weighted by Crippen LogP contribution is -2.37. The predicted molar refractivity (Wildman–Crippen MR) is 120 cm³/mol. The normalized spacial score (nSPS) is 14.8. The van der Waals surface area contributed by atoms with Crippen molar-refractivity contribution in [2.75, 3.05) is 6.54 Å². The number of rotatable bonds is 5. The predicted octanol–water partition coefficient (Wildman–Crippen LogP) is 3.16. The number of aromatic nitrogens is 4. The second-order valence-corrected chi connectivity index (χ2v) is 7.91. The molecule has 0 amide bonds. The van der Waals surface area contributed by atoms with Gasteiger partial charge in [0.25, 0.3) is 0 Å². The Labute approximate surface area is 184 Å². The molecule has 9 heteroatoms. The van der Waals surface area contributed by atoms with E-state index in [1.54, 1.807) is 6.20 Å². The number of nitrogens with zero attached hydrogens (tertiary/aromatic N) is 5. The first-order valence-corrected chi connectivity index (χ1v) is 9.85. The average Bonchev–Trinajstić information content (AvgIpc) is 3.19. The molecule has 28 heavy (non-hydrogen) atoms. The Bertz CT molecular complexity index is 776. The molecular formula is C19H32IN7O. The van der Waals surface area contributed by atoms with Crippen LogP contribution in [0.3, 0.4) is 0 Å². The lowest BCUT2D eigenvalue weighted by atomic mass is 9.94. The zero-order valence-electron chi connectivity index (χ0n) is 17.3. The van der Waals surface area contributed by atoms with E-state index >= 15 is 0 Å². The van der Waals surface area contributed by atoms with Gasteiger partial charge in [0.15, 0.2) is 11.8 Å². The molecule has 0 aromatic carbocycles. The van der Waals surface area contributed by atoms with Crippen LogP contribution < -0.4 is 10.6 Å². The van der Waals surface area contributed by atoms with Gasteiger partial charge in [-0.2, -0.15) is 0 Å². The monoisotopic (exact) mass is 501 g/mol. The maximum atomic E-state index is 5.83. The summed E-state index contributed by atoms with van der Waals surface area (Å²) < 4.78 is 8.06.